The molecule has 0 aromatic heterocycles. The molecule has 0 aromatic rings. The maximum atomic E-state index is 12.6. The van der Waals surface area contributed by atoms with Gasteiger partial charge in [0.25, 0.3) is 0 Å². The van der Waals surface area contributed by atoms with Gasteiger partial charge in [-0.1, -0.05) is 18.2 Å². The van der Waals surface area contributed by atoms with E-state index in [-0.39, 0.29) is 5.92 Å². The van der Waals surface area contributed by atoms with E-state index < -0.39 is 0 Å². The van der Waals surface area contributed by atoms with Crippen molar-refractivity contribution in [2.24, 2.45) is 16.8 Å². The Hall–Kier alpha value is -1.07. The van der Waals surface area contributed by atoms with Gasteiger partial charge in [0.1, 0.15) is 0 Å². The van der Waals surface area contributed by atoms with Crippen molar-refractivity contribution in [1.29, 1.82) is 0 Å². The SMILES string of the molecule is CC1=NC2C=CC(C3CCC(C(=O)N4CCOCC4)CC3)=CC2S1. The number of carbonyl (C=O) groups is 1. The molecule has 130 valence electrons. The molecule has 0 aromatic carbocycles. The van der Waals surface area contributed by atoms with Gasteiger partial charge >= 0.3 is 0 Å². The van der Waals surface area contributed by atoms with Crippen LogP contribution in [0.5, 0.6) is 0 Å². The van der Waals surface area contributed by atoms with Gasteiger partial charge in [-0.25, -0.2) is 0 Å². The van der Waals surface area contributed by atoms with Crippen molar-refractivity contribution in [2.75, 3.05) is 26.3 Å². The van der Waals surface area contributed by atoms with Crippen molar-refractivity contribution in [3.8, 4) is 0 Å². The number of carbonyl (C=O) groups excluding carboxylic acids is 1. The number of ether oxygens (including phenoxy) is 1. The van der Waals surface area contributed by atoms with Gasteiger partial charge < -0.3 is 9.64 Å². The number of fused-ring (bicyclic) bond motifs is 1. The lowest BCUT2D eigenvalue weighted by atomic mass is 9.76. The van der Waals surface area contributed by atoms with E-state index in [4.69, 9.17) is 4.74 Å². The van der Waals surface area contributed by atoms with Crippen molar-refractivity contribution in [2.45, 2.75) is 43.9 Å². The normalized spacial score (nSPS) is 36.1. The highest BCUT2D eigenvalue weighted by molar-refractivity contribution is 8.14. The second-order valence-corrected chi connectivity index (χ2v) is 8.60. The van der Waals surface area contributed by atoms with Crippen LogP contribution in [0.1, 0.15) is 32.6 Å². The van der Waals surface area contributed by atoms with Gasteiger partial charge in [-0.05, 0) is 44.1 Å². The van der Waals surface area contributed by atoms with Crippen LogP contribution in [0.3, 0.4) is 0 Å². The van der Waals surface area contributed by atoms with E-state index in [1.54, 1.807) is 0 Å². The van der Waals surface area contributed by atoms with E-state index >= 15 is 0 Å². The maximum Gasteiger partial charge on any atom is 0.225 e. The molecule has 4 rings (SSSR count). The minimum Gasteiger partial charge on any atom is -0.378 e. The number of morpholine rings is 1. The minimum absolute atomic E-state index is 0.228. The molecule has 4 nitrogen and oxygen atoms in total. The summed E-state index contributed by atoms with van der Waals surface area (Å²) in [5.74, 6) is 1.21. The lowest BCUT2D eigenvalue weighted by molar-refractivity contribution is -0.140. The van der Waals surface area contributed by atoms with Gasteiger partial charge in [0.15, 0.2) is 0 Å². The summed E-state index contributed by atoms with van der Waals surface area (Å²) in [6.45, 7) is 5.03. The zero-order valence-electron chi connectivity index (χ0n) is 14.3. The van der Waals surface area contributed by atoms with Gasteiger partial charge in [0.05, 0.1) is 29.5 Å². The number of amides is 1. The van der Waals surface area contributed by atoms with Gasteiger partial charge in [0, 0.05) is 19.0 Å². The summed E-state index contributed by atoms with van der Waals surface area (Å²) in [5.41, 5.74) is 1.48. The molecule has 2 heterocycles. The first kappa shape index (κ1) is 16.4. The van der Waals surface area contributed by atoms with Gasteiger partial charge in [0.2, 0.25) is 5.91 Å². The van der Waals surface area contributed by atoms with Crippen LogP contribution >= 0.6 is 11.8 Å². The number of hydrogen-bond acceptors (Lipinski definition) is 4. The fraction of sp³-hybridized carbons (Fsp3) is 0.684. The first-order valence-electron chi connectivity index (χ1n) is 9.18. The molecule has 24 heavy (non-hydrogen) atoms. The number of hydrogen-bond donors (Lipinski definition) is 0. The quantitative estimate of drug-likeness (QED) is 0.772. The summed E-state index contributed by atoms with van der Waals surface area (Å²) in [6.07, 6.45) is 11.3. The third kappa shape index (κ3) is 3.33. The molecule has 0 N–H and O–H groups in total. The van der Waals surface area contributed by atoms with E-state index in [0.29, 0.717) is 36.3 Å². The zero-order valence-corrected chi connectivity index (χ0v) is 15.1. The molecule has 2 aliphatic carbocycles. The fourth-order valence-electron chi connectivity index (χ4n) is 4.31. The zero-order chi connectivity index (χ0) is 16.5. The Labute approximate surface area is 148 Å². The number of nitrogens with zero attached hydrogens (tertiary/aromatic N) is 2. The van der Waals surface area contributed by atoms with E-state index in [2.05, 4.69) is 30.1 Å². The van der Waals surface area contributed by atoms with E-state index in [1.165, 1.54) is 10.6 Å². The van der Waals surface area contributed by atoms with Crippen LogP contribution < -0.4 is 0 Å². The predicted molar refractivity (Wildman–Crippen MR) is 98.3 cm³/mol. The second-order valence-electron chi connectivity index (χ2n) is 7.23. The Balaban J connectivity index is 1.33. The van der Waals surface area contributed by atoms with Gasteiger partial charge in [-0.2, -0.15) is 0 Å². The van der Waals surface area contributed by atoms with Crippen LogP contribution in [0, 0.1) is 11.8 Å². The first-order chi connectivity index (χ1) is 11.7. The molecule has 5 heteroatoms. The molecule has 1 saturated heterocycles. The van der Waals surface area contributed by atoms with Gasteiger partial charge in [-0.15, -0.1) is 11.8 Å². The highest BCUT2D eigenvalue weighted by Gasteiger charge is 2.33. The standard InChI is InChI=1S/C19H26N2O2S/c1-13-20-17-7-6-16(12-18(17)24-13)14-2-4-15(5-3-14)19(22)21-8-10-23-11-9-21/h6-7,12,14-15,17-18H,2-5,8-11H2,1H3. The molecule has 2 atom stereocenters. The van der Waals surface area contributed by atoms with Crippen molar-refractivity contribution in [1.82, 2.24) is 4.90 Å². The van der Waals surface area contributed by atoms with Crippen LogP contribution in [-0.2, 0) is 9.53 Å². The lowest BCUT2D eigenvalue weighted by Crippen LogP contribution is -2.44. The molecular weight excluding hydrogens is 320 g/mol. The average molecular weight is 346 g/mol. The Morgan fingerprint density at radius 2 is 2.00 bits per heavy atom. The summed E-state index contributed by atoms with van der Waals surface area (Å²) < 4.78 is 5.36. The molecule has 0 bridgehead atoms. The molecule has 0 radical (unpaired) electrons. The monoisotopic (exact) mass is 346 g/mol. The summed E-state index contributed by atoms with van der Waals surface area (Å²) in [5, 5.41) is 1.70. The van der Waals surface area contributed by atoms with E-state index in [1.807, 2.05) is 16.7 Å². The Morgan fingerprint density at radius 3 is 2.75 bits per heavy atom. The fourth-order valence-corrected chi connectivity index (χ4v) is 5.40. The highest BCUT2D eigenvalue weighted by Crippen LogP contribution is 2.39. The molecule has 4 aliphatic rings. The molecule has 2 fully saturated rings. The highest BCUT2D eigenvalue weighted by atomic mass is 32.2. The lowest BCUT2D eigenvalue weighted by Gasteiger charge is -2.35. The number of aliphatic imine (C=N–C) groups is 1. The number of thioether (sulfide) groups is 1. The molecule has 2 unspecified atom stereocenters. The van der Waals surface area contributed by atoms with Crippen molar-refractivity contribution < 1.29 is 9.53 Å². The summed E-state index contributed by atoms with van der Waals surface area (Å²) in [4.78, 5) is 19.3. The van der Waals surface area contributed by atoms with E-state index in [0.717, 1.165) is 38.8 Å². The van der Waals surface area contributed by atoms with Crippen molar-refractivity contribution in [3.63, 3.8) is 0 Å². The summed E-state index contributed by atoms with van der Waals surface area (Å²) in [6, 6.07) is 0.345. The second kappa shape index (κ2) is 7.04. The number of allylic oxidation sites excluding steroid dienone is 2. The minimum atomic E-state index is 0.228. The topological polar surface area (TPSA) is 41.9 Å². The first-order valence-corrected chi connectivity index (χ1v) is 10.1. The molecular formula is C19H26N2O2S. The Kier molecular flexibility index (Phi) is 4.81. The van der Waals surface area contributed by atoms with Crippen LogP contribution in [0.15, 0.2) is 28.8 Å². The van der Waals surface area contributed by atoms with E-state index in [9.17, 15) is 4.79 Å². The van der Waals surface area contributed by atoms with Crippen molar-refractivity contribution >= 4 is 22.7 Å². The number of rotatable bonds is 2. The molecule has 2 aliphatic heterocycles. The third-order valence-corrected chi connectivity index (χ3v) is 6.82. The average Bonchev–Trinajstić information content (AvgIpc) is 3.01. The molecule has 1 saturated carbocycles. The molecule has 0 spiro atoms. The Morgan fingerprint density at radius 1 is 1.25 bits per heavy atom. The van der Waals surface area contributed by atoms with Crippen LogP contribution in [-0.4, -0.2) is 53.4 Å². The molecule has 1 amide bonds. The largest absolute Gasteiger partial charge is 0.378 e. The smallest absolute Gasteiger partial charge is 0.225 e. The van der Waals surface area contributed by atoms with Crippen LogP contribution in [0.4, 0.5) is 0 Å². The van der Waals surface area contributed by atoms with Crippen molar-refractivity contribution in [3.05, 3.63) is 23.8 Å². The maximum absolute atomic E-state index is 12.6. The third-order valence-electron chi connectivity index (χ3n) is 5.69. The summed E-state index contributed by atoms with van der Waals surface area (Å²) in [7, 11) is 0. The Bertz CT molecular complexity index is 584. The van der Waals surface area contributed by atoms with Gasteiger partial charge in [-0.3, -0.25) is 9.79 Å². The van der Waals surface area contributed by atoms with Crippen LogP contribution in [0.2, 0.25) is 0 Å². The van der Waals surface area contributed by atoms with Crippen LogP contribution in [0.25, 0.3) is 0 Å². The summed E-state index contributed by atoms with van der Waals surface area (Å²) >= 11 is 1.89. The predicted octanol–water partition coefficient (Wildman–Crippen LogP) is 3.05.